The summed E-state index contributed by atoms with van der Waals surface area (Å²) in [5.74, 6) is -1.48. The number of hydrogen-bond donors (Lipinski definition) is 1. The molecule has 0 aromatic carbocycles. The highest BCUT2D eigenvalue weighted by Gasteiger charge is 2.44. The summed E-state index contributed by atoms with van der Waals surface area (Å²) in [5.41, 5.74) is 1.16. The van der Waals surface area contributed by atoms with Gasteiger partial charge in [-0.3, -0.25) is 0 Å². The molecule has 0 unspecified atom stereocenters. The Bertz CT molecular complexity index is 1000. The van der Waals surface area contributed by atoms with Gasteiger partial charge < -0.3 is 28.2 Å². The number of carbonyl (C=O) groups is 1. The van der Waals surface area contributed by atoms with E-state index in [1.807, 2.05) is 13.0 Å². The van der Waals surface area contributed by atoms with Gasteiger partial charge in [0.05, 0.1) is 30.5 Å². The van der Waals surface area contributed by atoms with Gasteiger partial charge in [0.25, 0.3) is 0 Å². The maximum Gasteiger partial charge on any atom is 0.337 e. The van der Waals surface area contributed by atoms with E-state index in [9.17, 15) is 9.90 Å². The van der Waals surface area contributed by atoms with Gasteiger partial charge in [0.2, 0.25) is 5.79 Å². The van der Waals surface area contributed by atoms with E-state index in [-0.39, 0.29) is 46.6 Å². The lowest BCUT2D eigenvalue weighted by atomic mass is 9.84. The largest absolute Gasteiger partial charge is 0.457 e. The van der Waals surface area contributed by atoms with Gasteiger partial charge in [0.15, 0.2) is 16.6 Å². The zero-order valence-corrected chi connectivity index (χ0v) is 32.2. The van der Waals surface area contributed by atoms with Gasteiger partial charge in [0, 0.05) is 39.2 Å². The Labute approximate surface area is 265 Å². The Morgan fingerprint density at radius 1 is 1.00 bits per heavy atom. The maximum absolute atomic E-state index is 12.1. The summed E-state index contributed by atoms with van der Waals surface area (Å²) in [6.45, 7) is 36.0. The number of hydrogen-bond acceptors (Lipinski definition) is 7. The van der Waals surface area contributed by atoms with Crippen molar-refractivity contribution in [1.29, 1.82) is 0 Å². The summed E-state index contributed by atoms with van der Waals surface area (Å²) in [4.78, 5) is 12.1. The quantitative estimate of drug-likeness (QED) is 0.109. The summed E-state index contributed by atoms with van der Waals surface area (Å²) < 4.78 is 30.9. The van der Waals surface area contributed by atoms with E-state index in [2.05, 4.69) is 94.2 Å². The van der Waals surface area contributed by atoms with E-state index >= 15 is 0 Å². The molecule has 0 fully saturated rings. The van der Waals surface area contributed by atoms with Crippen molar-refractivity contribution in [3.05, 3.63) is 36.1 Å². The first-order valence-electron chi connectivity index (χ1n) is 15.8. The molecule has 1 aliphatic heterocycles. The highest BCUT2D eigenvalue weighted by atomic mass is 28.4. The Kier molecular flexibility index (Phi) is 13.8. The number of ether oxygens (including phenoxy) is 3. The zero-order valence-electron chi connectivity index (χ0n) is 30.2. The second kappa shape index (κ2) is 14.9. The van der Waals surface area contributed by atoms with E-state index in [0.29, 0.717) is 5.76 Å². The van der Waals surface area contributed by atoms with Crippen molar-refractivity contribution in [2.24, 2.45) is 11.8 Å². The van der Waals surface area contributed by atoms with Crippen LogP contribution < -0.4 is 0 Å². The van der Waals surface area contributed by atoms with Gasteiger partial charge >= 0.3 is 5.97 Å². The number of methoxy groups -OCH3 is 1. The van der Waals surface area contributed by atoms with Crippen LogP contribution in [0, 0.1) is 11.8 Å². The first kappa shape index (κ1) is 39.8. The van der Waals surface area contributed by atoms with Crippen LogP contribution in [0.15, 0.2) is 36.1 Å². The summed E-state index contributed by atoms with van der Waals surface area (Å²) in [5, 5.41) is 11.6. The predicted octanol–water partition coefficient (Wildman–Crippen LogP) is 8.52. The molecule has 43 heavy (non-hydrogen) atoms. The molecule has 0 aliphatic carbocycles. The fourth-order valence-corrected chi connectivity index (χ4v) is 7.46. The molecule has 9 heteroatoms. The lowest BCUT2D eigenvalue weighted by Gasteiger charge is -2.45. The summed E-state index contributed by atoms with van der Waals surface area (Å²) >= 11 is 0. The van der Waals surface area contributed by atoms with Crippen molar-refractivity contribution < 1.29 is 33.0 Å². The molecule has 1 rings (SSSR count). The number of carbonyl (C=O) groups excluding carboxylic acids is 1. The molecule has 0 bridgehead atoms. The van der Waals surface area contributed by atoms with E-state index in [4.69, 9.17) is 23.1 Å². The number of rotatable bonds is 15. The fourth-order valence-electron chi connectivity index (χ4n) is 4.71. The van der Waals surface area contributed by atoms with Crippen LogP contribution in [0.2, 0.25) is 36.3 Å². The van der Waals surface area contributed by atoms with Gasteiger partial charge in [-0.15, -0.1) is 6.58 Å². The number of aliphatic hydroxyl groups excluding tert-OH is 1. The van der Waals surface area contributed by atoms with Crippen molar-refractivity contribution >= 4 is 22.6 Å². The molecule has 0 saturated carbocycles. The molecule has 0 spiro atoms. The Hall–Kier alpha value is -1.24. The van der Waals surface area contributed by atoms with Crippen molar-refractivity contribution in [2.45, 2.75) is 155 Å². The number of cyclic esters (lactones) is 1. The normalized spacial score (nSPS) is 21.1. The van der Waals surface area contributed by atoms with Crippen molar-refractivity contribution in [3.8, 4) is 0 Å². The lowest BCUT2D eigenvalue weighted by Crippen LogP contribution is -2.51. The van der Waals surface area contributed by atoms with Gasteiger partial charge in [0.1, 0.15) is 5.76 Å². The average molecular weight is 641 g/mol. The molecule has 0 saturated heterocycles. The minimum absolute atomic E-state index is 0.0228. The molecule has 0 radical (unpaired) electrons. The number of aliphatic hydroxyl groups is 1. The van der Waals surface area contributed by atoms with Crippen LogP contribution in [0.1, 0.15) is 89.0 Å². The Balaban J connectivity index is 3.32. The van der Waals surface area contributed by atoms with Crippen molar-refractivity contribution in [3.63, 3.8) is 0 Å². The van der Waals surface area contributed by atoms with Gasteiger partial charge in [-0.25, -0.2) is 4.79 Å². The first-order chi connectivity index (χ1) is 19.3. The Morgan fingerprint density at radius 2 is 1.51 bits per heavy atom. The Morgan fingerprint density at radius 3 is 1.95 bits per heavy atom. The third kappa shape index (κ3) is 11.6. The third-order valence-corrected chi connectivity index (χ3v) is 18.5. The molecule has 0 aromatic rings. The molecule has 1 aliphatic rings. The van der Waals surface area contributed by atoms with Crippen LogP contribution in [0.5, 0.6) is 0 Å². The predicted molar refractivity (Wildman–Crippen MR) is 182 cm³/mol. The third-order valence-electron chi connectivity index (χ3n) is 9.57. The molecular weight excluding hydrogens is 577 g/mol. The molecular formula is C34H64O7Si2. The fraction of sp³-hybridized carbons (Fsp3) is 0.794. The molecule has 7 nitrogen and oxygen atoms in total. The van der Waals surface area contributed by atoms with E-state index in [1.165, 1.54) is 6.08 Å². The van der Waals surface area contributed by atoms with E-state index in [1.54, 1.807) is 21.0 Å². The van der Waals surface area contributed by atoms with Crippen molar-refractivity contribution in [1.82, 2.24) is 0 Å². The average Bonchev–Trinajstić information content (AvgIpc) is 2.81. The molecule has 0 aromatic heterocycles. The van der Waals surface area contributed by atoms with E-state index < -0.39 is 34.5 Å². The van der Waals surface area contributed by atoms with Crippen molar-refractivity contribution in [2.75, 3.05) is 7.11 Å². The number of esters is 1. The molecule has 0 amide bonds. The summed E-state index contributed by atoms with van der Waals surface area (Å²) in [7, 11) is -2.48. The standard InChI is InChI=1S/C34H64O7Si2/c1-18-26(40-42(14,15)32(5,6)7)19-23(2)20-29(37-13)25(4)31(41-43(16,17)33(8,9)10)24(3)28(35)21-27-22-30(36)39-34(11,12)38-27/h18,20,22,24-26,28-29,31,35H,1,19,21H2,2-17H3/b23-20+/t24-,25-,26+,28+,29-,31-/m1/s1. The van der Waals surface area contributed by atoms with Gasteiger partial charge in [-0.2, -0.15) is 0 Å². The lowest BCUT2D eigenvalue weighted by molar-refractivity contribution is -0.207. The minimum atomic E-state index is -2.24. The highest BCUT2D eigenvalue weighted by Crippen LogP contribution is 2.41. The van der Waals surface area contributed by atoms with Gasteiger partial charge in [-0.1, -0.05) is 73.1 Å². The molecule has 250 valence electrons. The molecule has 1 heterocycles. The summed E-state index contributed by atoms with van der Waals surface area (Å²) in [6.07, 6.45) is 4.86. The van der Waals surface area contributed by atoms with Crippen LogP contribution in [-0.2, 0) is 27.9 Å². The SMILES string of the molecule is C=C[C@@H](C/C(C)=C/[C@@H](OC)[C@@H](C)[C@H](O[Si](C)(C)C(C)(C)C)[C@H](C)[C@@H](O)CC1=CC(=O)OC(C)(C)O1)O[Si](C)(C)C(C)(C)C. The van der Waals surface area contributed by atoms with E-state index in [0.717, 1.165) is 12.0 Å². The smallest absolute Gasteiger partial charge is 0.337 e. The second-order valence-electron chi connectivity index (χ2n) is 15.9. The molecule has 6 atom stereocenters. The van der Waals surface area contributed by atoms with Gasteiger partial charge in [-0.05, 0) is 49.6 Å². The maximum atomic E-state index is 12.1. The monoisotopic (exact) mass is 640 g/mol. The van der Waals surface area contributed by atoms with Crippen LogP contribution >= 0.6 is 0 Å². The van der Waals surface area contributed by atoms with Crippen LogP contribution in [0.3, 0.4) is 0 Å². The minimum Gasteiger partial charge on any atom is -0.457 e. The first-order valence-corrected chi connectivity index (χ1v) is 21.6. The highest BCUT2D eigenvalue weighted by molar-refractivity contribution is 6.74. The molecule has 1 N–H and O–H groups in total. The topological polar surface area (TPSA) is 83.5 Å². The van der Waals surface area contributed by atoms with Crippen LogP contribution in [0.4, 0.5) is 0 Å². The summed E-state index contributed by atoms with van der Waals surface area (Å²) in [6, 6.07) is 0. The zero-order chi connectivity index (χ0) is 33.8. The van der Waals surface area contributed by atoms with Crippen LogP contribution in [-0.4, -0.2) is 65.0 Å². The second-order valence-corrected chi connectivity index (χ2v) is 25.4. The van der Waals surface area contributed by atoms with Crippen LogP contribution in [0.25, 0.3) is 0 Å².